The highest BCUT2D eigenvalue weighted by molar-refractivity contribution is 7.99. The van der Waals surface area contributed by atoms with Gasteiger partial charge in [-0.3, -0.25) is 4.57 Å². The van der Waals surface area contributed by atoms with E-state index in [4.69, 9.17) is 10.00 Å². The largest absolute Gasteiger partial charge is 0.497 e. The molecular formula is C18H16N4OS. The Bertz CT molecular complexity index is 881. The zero-order valence-electron chi connectivity index (χ0n) is 13.4. The molecule has 3 rings (SSSR count). The molecular weight excluding hydrogens is 320 g/mol. The minimum absolute atomic E-state index is 0.322. The second-order valence-corrected chi connectivity index (χ2v) is 6.10. The topological polar surface area (TPSA) is 63.7 Å². The van der Waals surface area contributed by atoms with Gasteiger partial charge in [-0.1, -0.05) is 41.6 Å². The van der Waals surface area contributed by atoms with Crippen molar-refractivity contribution >= 4 is 11.8 Å². The number of aryl methyl sites for hydroxylation is 1. The zero-order valence-corrected chi connectivity index (χ0v) is 14.2. The minimum atomic E-state index is 0.322. The van der Waals surface area contributed by atoms with Gasteiger partial charge in [0.1, 0.15) is 5.75 Å². The molecule has 0 fully saturated rings. The predicted octanol–water partition coefficient (Wildman–Crippen LogP) is 3.87. The molecule has 5 nitrogen and oxygen atoms in total. The Hall–Kier alpha value is -2.78. The van der Waals surface area contributed by atoms with E-state index in [0.29, 0.717) is 10.9 Å². The summed E-state index contributed by atoms with van der Waals surface area (Å²) in [5.74, 6) is 1.80. The Morgan fingerprint density at radius 2 is 1.96 bits per heavy atom. The van der Waals surface area contributed by atoms with E-state index in [2.05, 4.69) is 16.3 Å². The molecule has 0 N–H and O–H groups in total. The maximum atomic E-state index is 8.87. The van der Waals surface area contributed by atoms with Crippen molar-refractivity contribution in [3.8, 4) is 28.9 Å². The number of ether oxygens (including phenoxy) is 1. The summed E-state index contributed by atoms with van der Waals surface area (Å²) >= 11 is 1.37. The van der Waals surface area contributed by atoms with E-state index in [1.54, 1.807) is 7.11 Å². The van der Waals surface area contributed by atoms with E-state index in [9.17, 15) is 0 Å². The summed E-state index contributed by atoms with van der Waals surface area (Å²) in [6.07, 6.45) is 0. The van der Waals surface area contributed by atoms with Crippen molar-refractivity contribution in [2.75, 3.05) is 12.9 Å². The van der Waals surface area contributed by atoms with E-state index in [-0.39, 0.29) is 0 Å². The first-order valence-electron chi connectivity index (χ1n) is 7.39. The summed E-state index contributed by atoms with van der Waals surface area (Å²) in [5, 5.41) is 18.2. The van der Waals surface area contributed by atoms with Gasteiger partial charge in [0.15, 0.2) is 11.0 Å². The van der Waals surface area contributed by atoms with E-state index >= 15 is 0 Å². The lowest BCUT2D eigenvalue weighted by molar-refractivity contribution is 0.415. The van der Waals surface area contributed by atoms with Crippen LogP contribution in [0.5, 0.6) is 5.75 Å². The van der Waals surface area contributed by atoms with Crippen molar-refractivity contribution in [3.05, 3.63) is 54.1 Å². The van der Waals surface area contributed by atoms with Gasteiger partial charge in [-0.05, 0) is 31.2 Å². The fourth-order valence-electron chi connectivity index (χ4n) is 2.34. The number of hydrogen-bond donors (Lipinski definition) is 0. The fraction of sp³-hybridized carbons (Fsp3) is 0.167. The van der Waals surface area contributed by atoms with Crippen LogP contribution in [-0.2, 0) is 0 Å². The highest BCUT2D eigenvalue weighted by Crippen LogP contribution is 2.29. The van der Waals surface area contributed by atoms with Crippen molar-refractivity contribution in [2.45, 2.75) is 12.1 Å². The van der Waals surface area contributed by atoms with Crippen LogP contribution in [0.3, 0.4) is 0 Å². The van der Waals surface area contributed by atoms with Gasteiger partial charge in [-0.25, -0.2) is 0 Å². The van der Waals surface area contributed by atoms with Gasteiger partial charge in [0, 0.05) is 11.3 Å². The molecule has 120 valence electrons. The van der Waals surface area contributed by atoms with E-state index in [1.165, 1.54) is 17.3 Å². The third kappa shape index (κ3) is 3.26. The highest BCUT2D eigenvalue weighted by atomic mass is 32.2. The molecule has 0 unspecified atom stereocenters. The Morgan fingerprint density at radius 3 is 2.67 bits per heavy atom. The quantitative estimate of drug-likeness (QED) is 0.662. The summed E-state index contributed by atoms with van der Waals surface area (Å²) < 4.78 is 7.27. The van der Waals surface area contributed by atoms with Crippen molar-refractivity contribution in [1.29, 1.82) is 5.26 Å². The first-order valence-corrected chi connectivity index (χ1v) is 8.38. The first-order chi connectivity index (χ1) is 11.7. The standard InChI is InChI=1S/C18H16N4OS/c1-13-6-8-15(9-7-13)22-17(20-21-18(22)24-11-10-19)14-4-3-5-16(12-14)23-2/h3-9,12H,11H2,1-2H3. The number of hydrogen-bond acceptors (Lipinski definition) is 5. The Morgan fingerprint density at radius 1 is 1.17 bits per heavy atom. The Labute approximate surface area is 144 Å². The van der Waals surface area contributed by atoms with Gasteiger partial charge in [-0.15, -0.1) is 10.2 Å². The van der Waals surface area contributed by atoms with E-state index < -0.39 is 0 Å². The van der Waals surface area contributed by atoms with Crippen LogP contribution in [0.15, 0.2) is 53.7 Å². The molecule has 24 heavy (non-hydrogen) atoms. The van der Waals surface area contributed by atoms with Crippen molar-refractivity contribution in [3.63, 3.8) is 0 Å². The molecule has 0 radical (unpaired) electrons. The Kier molecular flexibility index (Phi) is 4.82. The summed E-state index contributed by atoms with van der Waals surface area (Å²) in [4.78, 5) is 0. The lowest BCUT2D eigenvalue weighted by Crippen LogP contribution is -2.00. The summed E-state index contributed by atoms with van der Waals surface area (Å²) in [5.41, 5.74) is 3.05. The molecule has 2 aromatic carbocycles. The van der Waals surface area contributed by atoms with E-state index in [1.807, 2.05) is 60.0 Å². The second-order valence-electron chi connectivity index (χ2n) is 5.16. The van der Waals surface area contributed by atoms with Gasteiger partial charge in [0.25, 0.3) is 0 Å². The number of benzene rings is 2. The van der Waals surface area contributed by atoms with Gasteiger partial charge in [-0.2, -0.15) is 5.26 Å². The number of nitriles is 1. The summed E-state index contributed by atoms with van der Waals surface area (Å²) in [7, 11) is 1.64. The molecule has 0 bridgehead atoms. The number of thioether (sulfide) groups is 1. The monoisotopic (exact) mass is 336 g/mol. The molecule has 0 aliphatic heterocycles. The van der Waals surface area contributed by atoms with Crippen molar-refractivity contribution < 1.29 is 4.74 Å². The average molecular weight is 336 g/mol. The maximum absolute atomic E-state index is 8.87. The van der Waals surface area contributed by atoms with Crippen LogP contribution in [0, 0.1) is 18.3 Å². The SMILES string of the molecule is COc1cccc(-c2nnc(SCC#N)n2-c2ccc(C)cc2)c1. The zero-order chi connectivity index (χ0) is 16.9. The van der Waals surface area contributed by atoms with Gasteiger partial charge in [0.2, 0.25) is 0 Å². The van der Waals surface area contributed by atoms with Crippen LogP contribution in [0.4, 0.5) is 0 Å². The Balaban J connectivity index is 2.13. The number of aromatic nitrogens is 3. The van der Waals surface area contributed by atoms with Crippen LogP contribution in [0.2, 0.25) is 0 Å². The van der Waals surface area contributed by atoms with Crippen LogP contribution in [0.1, 0.15) is 5.56 Å². The molecule has 3 aromatic rings. The summed E-state index contributed by atoms with van der Waals surface area (Å²) in [6, 6.07) is 18.0. The normalized spacial score (nSPS) is 10.4. The van der Waals surface area contributed by atoms with E-state index in [0.717, 1.165) is 22.8 Å². The molecule has 0 spiro atoms. The lowest BCUT2D eigenvalue weighted by Gasteiger charge is -2.10. The molecule has 0 saturated heterocycles. The van der Waals surface area contributed by atoms with Crippen LogP contribution in [0.25, 0.3) is 17.1 Å². The average Bonchev–Trinajstić information content (AvgIpc) is 3.04. The molecule has 6 heteroatoms. The van der Waals surface area contributed by atoms with Gasteiger partial charge >= 0.3 is 0 Å². The van der Waals surface area contributed by atoms with Crippen LogP contribution < -0.4 is 4.74 Å². The fourth-order valence-corrected chi connectivity index (χ4v) is 2.95. The molecule has 0 amide bonds. The first kappa shape index (κ1) is 16.1. The maximum Gasteiger partial charge on any atom is 0.197 e. The second kappa shape index (κ2) is 7.20. The van der Waals surface area contributed by atoms with Gasteiger partial charge in [0.05, 0.1) is 18.9 Å². The molecule has 0 aliphatic rings. The molecule has 1 heterocycles. The number of rotatable bonds is 5. The third-order valence-electron chi connectivity index (χ3n) is 3.52. The lowest BCUT2D eigenvalue weighted by atomic mass is 10.2. The van der Waals surface area contributed by atoms with Gasteiger partial charge < -0.3 is 4.74 Å². The predicted molar refractivity (Wildman–Crippen MR) is 94.4 cm³/mol. The summed E-state index contributed by atoms with van der Waals surface area (Å²) in [6.45, 7) is 2.05. The minimum Gasteiger partial charge on any atom is -0.497 e. The van der Waals surface area contributed by atoms with Crippen molar-refractivity contribution in [1.82, 2.24) is 14.8 Å². The molecule has 0 aliphatic carbocycles. The highest BCUT2D eigenvalue weighted by Gasteiger charge is 2.16. The number of nitrogens with zero attached hydrogens (tertiary/aromatic N) is 4. The smallest absolute Gasteiger partial charge is 0.197 e. The third-order valence-corrected chi connectivity index (χ3v) is 4.32. The molecule has 1 aromatic heterocycles. The molecule has 0 atom stereocenters. The van der Waals surface area contributed by atoms with Crippen LogP contribution >= 0.6 is 11.8 Å². The van der Waals surface area contributed by atoms with Crippen molar-refractivity contribution in [2.24, 2.45) is 0 Å². The van der Waals surface area contributed by atoms with Crippen LogP contribution in [-0.4, -0.2) is 27.6 Å². The molecule has 0 saturated carbocycles. The number of methoxy groups -OCH3 is 1.